The second-order valence-corrected chi connectivity index (χ2v) is 4.21. The summed E-state index contributed by atoms with van der Waals surface area (Å²) in [4.78, 5) is 4.33. The van der Waals surface area contributed by atoms with Crippen molar-refractivity contribution >= 4 is 5.84 Å². The second kappa shape index (κ2) is 5.14. The van der Waals surface area contributed by atoms with E-state index in [0.29, 0.717) is 0 Å². The van der Waals surface area contributed by atoms with Crippen molar-refractivity contribution in [2.24, 2.45) is 16.3 Å². The average Bonchev–Trinajstić information content (AvgIpc) is 1.95. The molecule has 0 aromatic carbocycles. The number of amidine groups is 1. The molecule has 3 N–H and O–H groups in total. The zero-order valence-electron chi connectivity index (χ0n) is 8.65. The fraction of sp³-hybridized carbons (Fsp3) is 0.889. The van der Waals surface area contributed by atoms with Gasteiger partial charge in [-0.1, -0.05) is 27.7 Å². The summed E-state index contributed by atoms with van der Waals surface area (Å²) in [5.74, 6) is 6.25. The Kier molecular flexibility index (Phi) is 4.90. The summed E-state index contributed by atoms with van der Waals surface area (Å²) in [5.41, 5.74) is 2.89. The van der Waals surface area contributed by atoms with Crippen LogP contribution in [0.4, 0.5) is 0 Å². The summed E-state index contributed by atoms with van der Waals surface area (Å²) in [6.07, 6.45) is 1.97. The lowest BCUT2D eigenvalue weighted by Crippen LogP contribution is -2.33. The quantitative estimate of drug-likeness (QED) is 0.294. The van der Waals surface area contributed by atoms with E-state index in [4.69, 9.17) is 5.84 Å². The van der Waals surface area contributed by atoms with E-state index in [1.165, 1.54) is 0 Å². The number of hydrogen-bond donors (Lipinski definition) is 2. The number of nitrogens with two attached hydrogens (primary N) is 1. The van der Waals surface area contributed by atoms with Gasteiger partial charge in [0.25, 0.3) is 0 Å². The Bertz CT molecular complexity index is 144. The maximum absolute atomic E-state index is 5.34. The first-order valence-electron chi connectivity index (χ1n) is 4.49. The molecule has 0 heterocycles. The Morgan fingerprint density at radius 2 is 2.00 bits per heavy atom. The molecule has 0 unspecified atom stereocenters. The fourth-order valence-electron chi connectivity index (χ4n) is 0.902. The van der Waals surface area contributed by atoms with Crippen LogP contribution in [0.2, 0.25) is 0 Å². The van der Waals surface area contributed by atoms with Gasteiger partial charge in [-0.3, -0.25) is 4.99 Å². The average molecular weight is 171 g/mol. The van der Waals surface area contributed by atoms with Crippen LogP contribution in [0.3, 0.4) is 0 Å². The molecule has 0 amide bonds. The van der Waals surface area contributed by atoms with Crippen molar-refractivity contribution in [1.29, 1.82) is 0 Å². The first kappa shape index (κ1) is 11.4. The molecular formula is C9H21N3. The van der Waals surface area contributed by atoms with E-state index in [9.17, 15) is 0 Å². The van der Waals surface area contributed by atoms with E-state index in [-0.39, 0.29) is 5.41 Å². The SMILES string of the molecule is CCCN=C(CC(C)(C)C)NN. The normalized spacial score (nSPS) is 13.2. The van der Waals surface area contributed by atoms with Gasteiger partial charge < -0.3 is 5.43 Å². The Morgan fingerprint density at radius 1 is 1.42 bits per heavy atom. The van der Waals surface area contributed by atoms with Crippen LogP contribution in [0.25, 0.3) is 0 Å². The van der Waals surface area contributed by atoms with Crippen molar-refractivity contribution < 1.29 is 0 Å². The van der Waals surface area contributed by atoms with E-state index >= 15 is 0 Å². The van der Waals surface area contributed by atoms with Crippen LogP contribution in [0.15, 0.2) is 4.99 Å². The molecule has 0 aliphatic carbocycles. The molecule has 0 atom stereocenters. The van der Waals surface area contributed by atoms with Gasteiger partial charge in [-0.25, -0.2) is 5.84 Å². The predicted octanol–water partition coefficient (Wildman–Crippen LogP) is 1.69. The Hall–Kier alpha value is -0.570. The minimum atomic E-state index is 0.249. The first-order valence-corrected chi connectivity index (χ1v) is 4.49. The molecule has 0 spiro atoms. The molecule has 0 saturated carbocycles. The Labute approximate surface area is 75.4 Å². The lowest BCUT2D eigenvalue weighted by Gasteiger charge is -2.18. The number of hydrazine groups is 1. The van der Waals surface area contributed by atoms with Crippen molar-refractivity contribution in [1.82, 2.24) is 5.43 Å². The summed E-state index contributed by atoms with van der Waals surface area (Å²) < 4.78 is 0. The number of hydrogen-bond acceptors (Lipinski definition) is 2. The van der Waals surface area contributed by atoms with Gasteiger partial charge in [-0.2, -0.15) is 0 Å². The molecule has 0 fully saturated rings. The third kappa shape index (κ3) is 6.16. The molecule has 72 valence electrons. The fourth-order valence-corrected chi connectivity index (χ4v) is 0.902. The topological polar surface area (TPSA) is 50.4 Å². The Balaban J connectivity index is 3.99. The zero-order chi connectivity index (χ0) is 9.61. The van der Waals surface area contributed by atoms with Gasteiger partial charge in [0.15, 0.2) is 0 Å². The van der Waals surface area contributed by atoms with E-state index in [1.807, 2.05) is 0 Å². The van der Waals surface area contributed by atoms with Gasteiger partial charge in [-0.15, -0.1) is 0 Å². The zero-order valence-corrected chi connectivity index (χ0v) is 8.65. The third-order valence-electron chi connectivity index (χ3n) is 1.39. The largest absolute Gasteiger partial charge is 0.312 e. The number of nitrogens with zero attached hydrogens (tertiary/aromatic N) is 1. The molecule has 0 aliphatic rings. The maximum Gasteiger partial charge on any atom is 0.111 e. The lowest BCUT2D eigenvalue weighted by molar-refractivity contribution is 0.428. The highest BCUT2D eigenvalue weighted by Gasteiger charge is 2.13. The molecule has 3 nitrogen and oxygen atoms in total. The summed E-state index contributed by atoms with van der Waals surface area (Å²) in [6.45, 7) is 9.48. The predicted molar refractivity (Wildman–Crippen MR) is 54.0 cm³/mol. The summed E-state index contributed by atoms with van der Waals surface area (Å²) >= 11 is 0. The standard InChI is InChI=1S/C9H21N3/c1-5-6-11-8(12-10)7-9(2,3)4/h5-7,10H2,1-4H3,(H,11,12). The Morgan fingerprint density at radius 3 is 2.33 bits per heavy atom. The highest BCUT2D eigenvalue weighted by molar-refractivity contribution is 5.82. The van der Waals surface area contributed by atoms with Gasteiger partial charge in [0, 0.05) is 13.0 Å². The molecule has 0 aliphatic heterocycles. The molecule has 0 radical (unpaired) electrons. The number of nitrogens with one attached hydrogen (secondary N) is 1. The molecule has 0 rings (SSSR count). The monoisotopic (exact) mass is 171 g/mol. The van der Waals surface area contributed by atoms with Gasteiger partial charge in [0.05, 0.1) is 0 Å². The maximum atomic E-state index is 5.34. The van der Waals surface area contributed by atoms with Gasteiger partial charge >= 0.3 is 0 Å². The van der Waals surface area contributed by atoms with Gasteiger partial charge in [-0.05, 0) is 11.8 Å². The van der Waals surface area contributed by atoms with E-state index in [1.54, 1.807) is 0 Å². The number of aliphatic imine (C=N–C) groups is 1. The smallest absolute Gasteiger partial charge is 0.111 e. The van der Waals surface area contributed by atoms with Crippen molar-refractivity contribution in [3.8, 4) is 0 Å². The highest BCUT2D eigenvalue weighted by atomic mass is 15.2. The molecule has 0 bridgehead atoms. The summed E-state index contributed by atoms with van der Waals surface area (Å²) in [6, 6.07) is 0. The van der Waals surface area contributed by atoms with E-state index < -0.39 is 0 Å². The van der Waals surface area contributed by atoms with Crippen LogP contribution in [0, 0.1) is 5.41 Å². The molecule has 12 heavy (non-hydrogen) atoms. The van der Waals surface area contributed by atoms with Gasteiger partial charge in [0.1, 0.15) is 5.84 Å². The first-order chi connectivity index (χ1) is 5.49. The van der Waals surface area contributed by atoms with Crippen LogP contribution in [0.5, 0.6) is 0 Å². The van der Waals surface area contributed by atoms with E-state index in [0.717, 1.165) is 25.2 Å². The van der Waals surface area contributed by atoms with Crippen molar-refractivity contribution in [2.45, 2.75) is 40.5 Å². The van der Waals surface area contributed by atoms with Crippen LogP contribution < -0.4 is 11.3 Å². The lowest BCUT2D eigenvalue weighted by atomic mass is 9.92. The highest BCUT2D eigenvalue weighted by Crippen LogP contribution is 2.18. The van der Waals surface area contributed by atoms with Crippen molar-refractivity contribution in [3.63, 3.8) is 0 Å². The van der Waals surface area contributed by atoms with Crippen molar-refractivity contribution in [3.05, 3.63) is 0 Å². The second-order valence-electron chi connectivity index (χ2n) is 4.21. The summed E-state index contributed by atoms with van der Waals surface area (Å²) in [5, 5.41) is 0. The van der Waals surface area contributed by atoms with Crippen LogP contribution in [0.1, 0.15) is 40.5 Å². The minimum Gasteiger partial charge on any atom is -0.312 e. The molecule has 0 saturated heterocycles. The molecule has 0 aromatic rings. The summed E-state index contributed by atoms with van der Waals surface area (Å²) in [7, 11) is 0. The molecular weight excluding hydrogens is 150 g/mol. The van der Waals surface area contributed by atoms with Crippen LogP contribution >= 0.6 is 0 Å². The molecule has 3 heteroatoms. The number of rotatable bonds is 3. The van der Waals surface area contributed by atoms with Crippen molar-refractivity contribution in [2.75, 3.05) is 6.54 Å². The third-order valence-corrected chi connectivity index (χ3v) is 1.39. The van der Waals surface area contributed by atoms with E-state index in [2.05, 4.69) is 38.1 Å². The molecule has 0 aromatic heterocycles. The minimum absolute atomic E-state index is 0.249. The van der Waals surface area contributed by atoms with Crippen LogP contribution in [-0.4, -0.2) is 12.4 Å². The van der Waals surface area contributed by atoms with Gasteiger partial charge in [0.2, 0.25) is 0 Å². The van der Waals surface area contributed by atoms with Crippen LogP contribution in [-0.2, 0) is 0 Å².